The van der Waals surface area contributed by atoms with Crippen LogP contribution in [-0.2, 0) is 76.4 Å². The Bertz CT molecular complexity index is 1940. The van der Waals surface area contributed by atoms with E-state index in [0.29, 0.717) is 94.0 Å². The van der Waals surface area contributed by atoms with Crippen LogP contribution in [0.1, 0.15) is 282 Å². The molecule has 0 aromatic rings. The van der Waals surface area contributed by atoms with Crippen LogP contribution in [0.4, 0.5) is 14.0 Å². The van der Waals surface area contributed by atoms with E-state index < -0.39 is 31.2 Å². The van der Waals surface area contributed by atoms with Crippen molar-refractivity contribution in [2.45, 2.75) is 281 Å². The Balaban J connectivity index is -0.000000107. The summed E-state index contributed by atoms with van der Waals surface area (Å²) in [5.41, 5.74) is 0. The lowest BCUT2D eigenvalue weighted by Gasteiger charge is -2.08. The third-order valence-electron chi connectivity index (χ3n) is 13.3. The lowest BCUT2D eigenvalue weighted by atomic mass is 10.1. The molecule has 0 rings (SSSR count). The molecule has 8 N–H and O–H groups in total. The van der Waals surface area contributed by atoms with Crippen molar-refractivity contribution in [3.05, 3.63) is 13.2 Å². The van der Waals surface area contributed by atoms with E-state index in [1.54, 1.807) is 7.11 Å². The Labute approximate surface area is 658 Å². The average molecular weight is 1670 g/mol. The molecule has 0 radical (unpaired) electrons. The number of alkyl halides is 2. The van der Waals surface area contributed by atoms with Crippen LogP contribution in [0.2, 0.25) is 0 Å². The number of nitrogens with one attached hydrogen (secondary N) is 4. The molecule has 0 bridgehead atoms. The summed E-state index contributed by atoms with van der Waals surface area (Å²) in [7, 11) is 2.65. The zero-order valence-corrected chi connectivity index (χ0v) is 65.8. The standard InChI is InChI=1S/C21H38N2O8.C20H40N2O4.C9H14N2O2.C9H20O2.C8H14O6.C2H4.CH3F.CH4IP.4CH4/c1-18(24)22-12-8-4-3-5-9-13-23-21(27)31-17-16-30-20(26)11-7-6-10-19(25)29-15-14-28-2;1-19(23)21-15-11-7-6-8-12-16-22-20(24)26-18-14-10-5-3-4-9-13-17-25-2;12-8-10-6-4-2-1-3-5-7-11-9-13;10-8-6-4-2-1-3-5-7-9-11;9-5-6-13-7(10)3-1-2-4-8(11)14-12;2*1-2;2-1-3;;;;/h3-17H2,1-2H3,(H,22,24)(H,23,27);3-18H2,1-2H3,(H,21,23)(H,22,24);1-7H2;10-11H,1-9H2;9,12H,1-6H2;1-2H2;1H3;1,3H2;4*1H4/i;;;;;;1D;3D;;;;. The minimum Gasteiger partial charge on any atom is -0.463 e. The first kappa shape index (κ1) is 122. The maximum absolute atomic E-state index is 11.6. The summed E-state index contributed by atoms with van der Waals surface area (Å²) in [6.45, 7) is 15.3. The molecule has 0 saturated carbocycles. The molecule has 1 atom stereocenters. The van der Waals surface area contributed by atoms with Gasteiger partial charge in [0.1, 0.15) is 26.4 Å². The number of isocyanates is 2. The van der Waals surface area contributed by atoms with Gasteiger partial charge in [0.05, 0.1) is 42.7 Å². The second-order valence-corrected chi connectivity index (χ2v) is 24.7. The van der Waals surface area contributed by atoms with E-state index in [2.05, 4.69) is 76.6 Å². The number of aliphatic hydroxyl groups excluding tert-OH is 3. The quantitative estimate of drug-likeness (QED) is 0.00240. The van der Waals surface area contributed by atoms with Crippen molar-refractivity contribution in [3.63, 3.8) is 0 Å². The summed E-state index contributed by atoms with van der Waals surface area (Å²) in [6, 6.07) is 0. The summed E-state index contributed by atoms with van der Waals surface area (Å²) in [6.07, 6.45) is 36.2. The Morgan fingerprint density at radius 1 is 0.415 bits per heavy atom. The molecular weight excluding hydrogens is 1510 g/mol. The van der Waals surface area contributed by atoms with Crippen molar-refractivity contribution in [1.29, 1.82) is 1.28 Å². The van der Waals surface area contributed by atoms with Gasteiger partial charge in [-0.25, -0.2) is 34.0 Å². The zero-order chi connectivity index (χ0) is 79.5. The van der Waals surface area contributed by atoms with Gasteiger partial charge in [0, 0.05) is 104 Å². The van der Waals surface area contributed by atoms with Gasteiger partial charge in [-0.2, -0.15) is 5.26 Å². The van der Waals surface area contributed by atoms with Gasteiger partial charge in [0.25, 0.3) is 0 Å². The molecule has 28 nitrogen and oxygen atoms in total. The maximum Gasteiger partial charge on any atom is 0.407 e. The van der Waals surface area contributed by atoms with Crippen molar-refractivity contribution in [1.82, 2.24) is 21.3 Å². The van der Waals surface area contributed by atoms with Crippen LogP contribution in [-0.4, -0.2) is 213 Å². The Morgan fingerprint density at radius 3 is 1.00 bits per heavy atom. The van der Waals surface area contributed by atoms with Crippen LogP contribution in [0.3, 0.4) is 0 Å². The molecule has 0 aliphatic carbocycles. The van der Waals surface area contributed by atoms with E-state index in [0.717, 1.165) is 159 Å². The first-order valence-corrected chi connectivity index (χ1v) is 38.3. The summed E-state index contributed by atoms with van der Waals surface area (Å²) >= 11 is 2.18. The van der Waals surface area contributed by atoms with Crippen LogP contribution in [0.25, 0.3) is 0 Å². The predicted octanol–water partition coefficient (Wildman–Crippen LogP) is 14.9. The molecule has 634 valence electrons. The second-order valence-electron chi connectivity index (χ2n) is 22.1. The highest BCUT2D eigenvalue weighted by atomic mass is 127. The Morgan fingerprint density at radius 2 is 0.689 bits per heavy atom. The number of hydrogen-bond donors (Lipinski definition) is 8. The van der Waals surface area contributed by atoms with E-state index >= 15 is 0 Å². The molecule has 0 fully saturated rings. The SMILES string of the molecule is C.C.C.C.C=C.COCCCCCCCCCOC(=O)NCCCCCCCNC(C)=O.COCCOC(=O)CCCCC(=O)OCCOC(=O)NCCCCCCCNC(C)=O.O=C(CCCCC(=O)OCCO)OO.O=C=NCCCCCCCN=C=O.OCCCCCCCCCO.[2H]CF.[2H]PCI. The van der Waals surface area contributed by atoms with Gasteiger partial charge in [-0.1, -0.05) is 174 Å². The van der Waals surface area contributed by atoms with E-state index in [9.17, 15) is 52.3 Å². The number of carbonyl (C=O) groups excluding carboxylic acids is 10. The molecular formula is C75H153FIN6O22P. The van der Waals surface area contributed by atoms with E-state index in [1.165, 1.54) is 78.1 Å². The van der Waals surface area contributed by atoms with Crippen molar-refractivity contribution in [2.75, 3.05) is 131 Å². The fourth-order valence-electron chi connectivity index (χ4n) is 8.11. The predicted molar refractivity (Wildman–Crippen MR) is 433 cm³/mol. The number of unbranched alkanes of at least 4 members (excludes halogenated alkanes) is 26. The number of aliphatic hydroxyl groups is 3. The number of ether oxygens (including phenoxy) is 7. The minimum absolute atomic E-state index is 0. The number of rotatable bonds is 61. The minimum atomic E-state index is -1.00. The highest BCUT2D eigenvalue weighted by molar-refractivity contribution is 14.1. The summed E-state index contributed by atoms with van der Waals surface area (Å²) < 4.78 is 57.3. The number of halogens is 2. The van der Waals surface area contributed by atoms with Gasteiger partial charge in [0.15, 0.2) is 0 Å². The molecule has 4 amide bonds. The number of carbonyl (C=O) groups is 8. The summed E-state index contributed by atoms with van der Waals surface area (Å²) in [5, 5.41) is 44.2. The van der Waals surface area contributed by atoms with Gasteiger partial charge in [-0.3, -0.25) is 28.4 Å². The molecule has 0 aromatic heterocycles. The number of esters is 3. The maximum atomic E-state index is 11.6. The zero-order valence-electron chi connectivity index (χ0n) is 64.6. The van der Waals surface area contributed by atoms with Gasteiger partial charge < -0.3 is 74.6 Å². The molecule has 31 heteroatoms. The monoisotopic (exact) mass is 1670 g/mol. The second kappa shape index (κ2) is 123. The summed E-state index contributed by atoms with van der Waals surface area (Å²) in [4.78, 5) is 118. The highest BCUT2D eigenvalue weighted by Gasteiger charge is 2.09. The molecule has 0 aliphatic heterocycles. The lowest BCUT2D eigenvalue weighted by molar-refractivity contribution is -0.234. The van der Waals surface area contributed by atoms with Crippen molar-refractivity contribution < 1.29 is 112 Å². The molecule has 0 saturated heterocycles. The number of methoxy groups -OCH3 is 2. The van der Waals surface area contributed by atoms with Gasteiger partial charge in [0.2, 0.25) is 24.0 Å². The largest absolute Gasteiger partial charge is 0.463 e. The fourth-order valence-corrected chi connectivity index (χ4v) is 8.11. The van der Waals surface area contributed by atoms with Crippen molar-refractivity contribution >= 4 is 91.8 Å². The van der Waals surface area contributed by atoms with Crippen LogP contribution in [0.15, 0.2) is 23.1 Å². The number of alkyl carbamates (subject to hydrolysis) is 2. The molecule has 0 heterocycles. The molecule has 0 aromatic carbocycles. The van der Waals surface area contributed by atoms with E-state index in [-0.39, 0.29) is 112 Å². The number of nitrogens with zero attached hydrogens (tertiary/aromatic N) is 2. The lowest BCUT2D eigenvalue weighted by Crippen LogP contribution is -2.26. The van der Waals surface area contributed by atoms with Crippen molar-refractivity contribution in [2.24, 2.45) is 9.98 Å². The number of aliphatic imine (C=N–C) groups is 2. The fraction of sp³-hybridized carbons (Fsp3) is 0.840. The third kappa shape index (κ3) is 145. The van der Waals surface area contributed by atoms with Crippen LogP contribution in [0, 0.1) is 0 Å². The average Bonchev–Trinajstić information content (AvgIpc) is 1.14. The Hall–Kier alpha value is -5.29. The topological polar surface area (TPSA) is 398 Å². The van der Waals surface area contributed by atoms with Gasteiger partial charge in [-0.05, 0) is 89.9 Å². The molecule has 0 spiro atoms. The normalized spacial score (nSPS) is 9.60. The number of amides is 4. The first-order chi connectivity index (χ1) is 50.5. The first-order valence-electron chi connectivity index (χ1n) is 37.2. The molecule has 1 unspecified atom stereocenters. The number of hydrogen-bond acceptors (Lipinski definition) is 24. The highest BCUT2D eigenvalue weighted by Crippen LogP contribution is 2.10. The van der Waals surface area contributed by atoms with Crippen molar-refractivity contribution in [3.8, 4) is 0 Å². The smallest absolute Gasteiger partial charge is 0.407 e. The third-order valence-corrected chi connectivity index (χ3v) is 13.3. The van der Waals surface area contributed by atoms with E-state index in [1.807, 2.05) is 0 Å². The molecule has 0 aliphatic rings. The van der Waals surface area contributed by atoms with E-state index in [4.69, 9.17) is 51.6 Å². The van der Waals surface area contributed by atoms with Crippen LogP contribution >= 0.6 is 31.8 Å². The molecule has 106 heavy (non-hydrogen) atoms. The van der Waals surface area contributed by atoms with Crippen LogP contribution < -0.4 is 21.3 Å². The van der Waals surface area contributed by atoms with Gasteiger partial charge >= 0.3 is 36.1 Å². The summed E-state index contributed by atoms with van der Waals surface area (Å²) in [5.74, 6) is -1.80. The van der Waals surface area contributed by atoms with Crippen LogP contribution in [0.5, 0.6) is 0 Å². The Kier molecular flexibility index (Phi) is 142. The van der Waals surface area contributed by atoms with Gasteiger partial charge in [-0.15, -0.1) is 22.3 Å².